The molecule has 0 aromatic heterocycles. The fourth-order valence-electron chi connectivity index (χ4n) is 2.53. The van der Waals surface area contributed by atoms with E-state index in [2.05, 4.69) is 5.32 Å². The van der Waals surface area contributed by atoms with Crippen LogP contribution < -0.4 is 20.5 Å². The van der Waals surface area contributed by atoms with Gasteiger partial charge in [0.1, 0.15) is 11.9 Å². The van der Waals surface area contributed by atoms with Crippen LogP contribution in [-0.2, 0) is 4.79 Å². The Labute approximate surface area is 140 Å². The van der Waals surface area contributed by atoms with Crippen LogP contribution in [0.1, 0.15) is 30.1 Å². The van der Waals surface area contributed by atoms with Gasteiger partial charge in [0.05, 0.1) is 14.2 Å². The number of rotatable bonds is 7. The monoisotopic (exact) mass is 332 g/mol. The van der Waals surface area contributed by atoms with E-state index < -0.39 is 23.8 Å². The Kier molecular flexibility index (Phi) is 5.76. The van der Waals surface area contributed by atoms with Gasteiger partial charge in [-0.3, -0.25) is 10.1 Å². The maximum atomic E-state index is 14.4. The first-order valence-electron chi connectivity index (χ1n) is 7.49. The molecule has 2 rings (SSSR count). The summed E-state index contributed by atoms with van der Waals surface area (Å²) in [5.41, 5.74) is 6.57. The van der Waals surface area contributed by atoms with Crippen LogP contribution in [-0.4, -0.2) is 20.1 Å². The summed E-state index contributed by atoms with van der Waals surface area (Å²) in [5.74, 6) is -0.267. The first-order chi connectivity index (χ1) is 11.5. The molecule has 0 saturated carbocycles. The number of nitrogens with one attached hydrogen (secondary N) is 1. The average Bonchev–Trinajstić information content (AvgIpc) is 2.59. The predicted octanol–water partition coefficient (Wildman–Crippen LogP) is 2.72. The first kappa shape index (κ1) is 17.7. The maximum Gasteiger partial charge on any atom is 0.239 e. The van der Waals surface area contributed by atoms with Gasteiger partial charge in [0.25, 0.3) is 0 Å². The van der Waals surface area contributed by atoms with Crippen molar-refractivity contribution in [3.05, 3.63) is 59.4 Å². The SMILES string of the molecule is COc1cc(F)c([C@H](C)N[C@@H](C(N)=O)c2ccccc2)cc1OC. The Bertz CT molecular complexity index is 707. The third-order valence-corrected chi connectivity index (χ3v) is 3.80. The lowest BCUT2D eigenvalue weighted by molar-refractivity contribution is -0.120. The number of hydrogen-bond acceptors (Lipinski definition) is 4. The first-order valence-corrected chi connectivity index (χ1v) is 7.49. The van der Waals surface area contributed by atoms with E-state index in [0.717, 1.165) is 5.56 Å². The molecule has 6 heteroatoms. The van der Waals surface area contributed by atoms with Gasteiger partial charge < -0.3 is 15.2 Å². The molecule has 0 spiro atoms. The van der Waals surface area contributed by atoms with Gasteiger partial charge in [-0.25, -0.2) is 4.39 Å². The van der Waals surface area contributed by atoms with Crippen LogP contribution in [0.2, 0.25) is 0 Å². The number of ether oxygens (including phenoxy) is 2. The molecule has 0 aliphatic carbocycles. The van der Waals surface area contributed by atoms with Gasteiger partial charge in [-0.05, 0) is 18.6 Å². The number of methoxy groups -OCH3 is 2. The minimum Gasteiger partial charge on any atom is -0.493 e. The second kappa shape index (κ2) is 7.79. The fourth-order valence-corrected chi connectivity index (χ4v) is 2.53. The highest BCUT2D eigenvalue weighted by atomic mass is 19.1. The van der Waals surface area contributed by atoms with E-state index in [0.29, 0.717) is 17.1 Å². The van der Waals surface area contributed by atoms with Gasteiger partial charge in [0, 0.05) is 17.7 Å². The Morgan fingerprint density at radius 1 is 1.12 bits per heavy atom. The predicted molar refractivity (Wildman–Crippen MR) is 89.4 cm³/mol. The van der Waals surface area contributed by atoms with E-state index in [1.54, 1.807) is 25.1 Å². The average molecular weight is 332 g/mol. The van der Waals surface area contributed by atoms with Crippen LogP contribution in [0.25, 0.3) is 0 Å². The van der Waals surface area contributed by atoms with Crippen LogP contribution in [0.3, 0.4) is 0 Å². The number of nitrogens with two attached hydrogens (primary N) is 1. The van der Waals surface area contributed by atoms with Crippen molar-refractivity contribution in [2.45, 2.75) is 19.0 Å². The summed E-state index contributed by atoms with van der Waals surface area (Å²) in [6.07, 6.45) is 0. The van der Waals surface area contributed by atoms with Crippen LogP contribution in [0.4, 0.5) is 4.39 Å². The van der Waals surface area contributed by atoms with Crippen molar-refractivity contribution in [2.75, 3.05) is 14.2 Å². The summed E-state index contributed by atoms with van der Waals surface area (Å²) in [6.45, 7) is 1.75. The molecule has 0 fully saturated rings. The molecular weight excluding hydrogens is 311 g/mol. The van der Waals surface area contributed by atoms with Gasteiger partial charge in [-0.1, -0.05) is 30.3 Å². The molecule has 24 heavy (non-hydrogen) atoms. The summed E-state index contributed by atoms with van der Waals surface area (Å²) in [5, 5.41) is 3.07. The molecule has 0 unspecified atom stereocenters. The van der Waals surface area contributed by atoms with E-state index in [9.17, 15) is 9.18 Å². The zero-order valence-corrected chi connectivity index (χ0v) is 13.9. The quantitative estimate of drug-likeness (QED) is 0.818. The molecule has 0 bridgehead atoms. The molecule has 0 heterocycles. The minimum absolute atomic E-state index is 0.306. The second-order valence-corrected chi connectivity index (χ2v) is 5.36. The van der Waals surface area contributed by atoms with Crippen molar-refractivity contribution in [1.82, 2.24) is 5.32 Å². The molecule has 0 aliphatic rings. The summed E-state index contributed by atoms with van der Waals surface area (Å²) >= 11 is 0. The molecule has 0 radical (unpaired) electrons. The standard InChI is InChI=1S/C18H21FN2O3/c1-11(13-9-15(23-2)16(24-3)10-14(13)19)21-17(18(20)22)12-7-5-4-6-8-12/h4-11,17,21H,1-3H3,(H2,20,22)/t11-,17+/m0/s1. The van der Waals surface area contributed by atoms with Crippen molar-refractivity contribution in [1.29, 1.82) is 0 Å². The topological polar surface area (TPSA) is 73.6 Å². The van der Waals surface area contributed by atoms with Gasteiger partial charge in [0.2, 0.25) is 5.91 Å². The molecule has 0 aliphatic heterocycles. The largest absolute Gasteiger partial charge is 0.493 e. The van der Waals surface area contributed by atoms with Crippen molar-refractivity contribution in [3.8, 4) is 11.5 Å². The van der Waals surface area contributed by atoms with Crippen LogP contribution in [0.5, 0.6) is 11.5 Å². The van der Waals surface area contributed by atoms with E-state index in [1.165, 1.54) is 20.3 Å². The number of primary amides is 1. The molecule has 0 saturated heterocycles. The molecular formula is C18H21FN2O3. The number of hydrogen-bond donors (Lipinski definition) is 2. The fraction of sp³-hybridized carbons (Fsp3) is 0.278. The Morgan fingerprint density at radius 3 is 2.25 bits per heavy atom. The number of carbonyl (C=O) groups excluding carboxylic acids is 1. The molecule has 1 amide bonds. The Balaban J connectivity index is 2.31. The summed E-state index contributed by atoms with van der Waals surface area (Å²) in [4.78, 5) is 11.8. The summed E-state index contributed by atoms with van der Waals surface area (Å²) in [6, 6.07) is 10.7. The van der Waals surface area contributed by atoms with E-state index in [-0.39, 0.29) is 0 Å². The maximum absolute atomic E-state index is 14.4. The normalized spacial score (nSPS) is 13.2. The van der Waals surface area contributed by atoms with Crippen molar-refractivity contribution < 1.29 is 18.7 Å². The minimum atomic E-state index is -0.728. The summed E-state index contributed by atoms with van der Waals surface area (Å²) in [7, 11) is 2.92. The number of benzene rings is 2. The molecule has 2 atom stereocenters. The van der Waals surface area contributed by atoms with E-state index >= 15 is 0 Å². The van der Waals surface area contributed by atoms with Crippen LogP contribution in [0, 0.1) is 5.82 Å². The Morgan fingerprint density at radius 2 is 1.71 bits per heavy atom. The summed E-state index contributed by atoms with van der Waals surface area (Å²) < 4.78 is 24.7. The lowest BCUT2D eigenvalue weighted by Gasteiger charge is -2.23. The van der Waals surface area contributed by atoms with Crippen molar-refractivity contribution in [3.63, 3.8) is 0 Å². The molecule has 2 aromatic carbocycles. The molecule has 5 nitrogen and oxygen atoms in total. The zero-order valence-electron chi connectivity index (χ0n) is 13.9. The lowest BCUT2D eigenvalue weighted by atomic mass is 10.0. The van der Waals surface area contributed by atoms with E-state index in [1.807, 2.05) is 18.2 Å². The van der Waals surface area contributed by atoms with E-state index in [4.69, 9.17) is 15.2 Å². The molecule has 2 aromatic rings. The van der Waals surface area contributed by atoms with Crippen LogP contribution >= 0.6 is 0 Å². The third-order valence-electron chi connectivity index (χ3n) is 3.80. The highest BCUT2D eigenvalue weighted by Gasteiger charge is 2.23. The van der Waals surface area contributed by atoms with Crippen molar-refractivity contribution >= 4 is 5.91 Å². The van der Waals surface area contributed by atoms with Crippen molar-refractivity contribution in [2.24, 2.45) is 5.73 Å². The zero-order chi connectivity index (χ0) is 17.7. The van der Waals surface area contributed by atoms with Crippen LogP contribution in [0.15, 0.2) is 42.5 Å². The Hall–Kier alpha value is -2.60. The number of amides is 1. The smallest absolute Gasteiger partial charge is 0.239 e. The number of halogens is 1. The van der Waals surface area contributed by atoms with Gasteiger partial charge in [-0.2, -0.15) is 0 Å². The molecule has 128 valence electrons. The third kappa shape index (κ3) is 3.83. The number of carbonyl (C=O) groups is 1. The highest BCUT2D eigenvalue weighted by Crippen LogP contribution is 2.33. The van der Waals surface area contributed by atoms with Gasteiger partial charge >= 0.3 is 0 Å². The second-order valence-electron chi connectivity index (χ2n) is 5.36. The lowest BCUT2D eigenvalue weighted by Crippen LogP contribution is -2.35. The highest BCUT2D eigenvalue weighted by molar-refractivity contribution is 5.81. The molecule has 3 N–H and O–H groups in total. The van der Waals surface area contributed by atoms with Gasteiger partial charge in [0.15, 0.2) is 11.5 Å². The van der Waals surface area contributed by atoms with Gasteiger partial charge in [-0.15, -0.1) is 0 Å².